The zero-order valence-electron chi connectivity index (χ0n) is 65.7. The zero-order chi connectivity index (χ0) is 84.2. The summed E-state index contributed by atoms with van der Waals surface area (Å²) in [5.74, 6) is -1.36. The van der Waals surface area contributed by atoms with Gasteiger partial charge in [0.2, 0.25) is 13.6 Å². The molecule has 2 aromatic heterocycles. The molecule has 0 aliphatic carbocycles. The lowest BCUT2D eigenvalue weighted by Crippen LogP contribution is -2.70. The third-order valence-corrected chi connectivity index (χ3v) is 26.6. The average Bonchev–Trinajstić information content (AvgIpc) is 1.57. The second-order valence-electron chi connectivity index (χ2n) is 30.3. The van der Waals surface area contributed by atoms with Gasteiger partial charge >= 0.3 is 41.1 Å². The Balaban J connectivity index is 0.000000155. The lowest BCUT2D eigenvalue weighted by Gasteiger charge is -2.62. The van der Waals surface area contributed by atoms with Crippen molar-refractivity contribution in [3.63, 3.8) is 0 Å². The maximum absolute atomic E-state index is 14.1. The molecule has 0 radical (unpaired) electrons. The molecule has 0 spiro atoms. The van der Waals surface area contributed by atoms with Crippen molar-refractivity contribution in [2.75, 3.05) is 65.6 Å². The molecular weight excluding hydrogens is 1580 g/mol. The summed E-state index contributed by atoms with van der Waals surface area (Å²) in [6, 6.07) is 17.4. The predicted octanol–water partition coefficient (Wildman–Crippen LogP) is 9.30. The summed E-state index contributed by atoms with van der Waals surface area (Å²) >= 11 is 2.72. The van der Waals surface area contributed by atoms with Gasteiger partial charge in [0, 0.05) is 118 Å². The fourth-order valence-electron chi connectivity index (χ4n) is 19.2. The number of ether oxygens (including phenoxy) is 10. The number of carbonyl (C=O) groups is 6. The number of para-hydroxylation sites is 2. The molecule has 6 N–H and O–H groups in total. The van der Waals surface area contributed by atoms with Gasteiger partial charge in [0.15, 0.2) is 46.0 Å². The van der Waals surface area contributed by atoms with Crippen LogP contribution in [0.4, 0.5) is 0 Å². The first-order chi connectivity index (χ1) is 57.3. The molecule has 3 unspecified atom stereocenters. The number of phenolic OH excluding ortho intramolecular Hbond substituents is 2. The number of methoxy groups -OCH3 is 2. The van der Waals surface area contributed by atoms with E-state index in [2.05, 4.69) is 50.2 Å². The highest BCUT2D eigenvalue weighted by atomic mass is 32.2. The van der Waals surface area contributed by atoms with Crippen molar-refractivity contribution < 1.29 is 100 Å². The van der Waals surface area contributed by atoms with Crippen LogP contribution in [0.15, 0.2) is 117 Å². The number of fused-ring (bicyclic) bond motifs is 21. The number of aryl methyl sites for hydroxylation is 2. The van der Waals surface area contributed by atoms with Gasteiger partial charge in [0.05, 0.1) is 61.0 Å². The van der Waals surface area contributed by atoms with E-state index in [9.17, 15) is 59.1 Å². The van der Waals surface area contributed by atoms with E-state index in [1.165, 1.54) is 63.7 Å². The number of hydrogen-bond acceptors (Lipinski definition) is 31. The molecule has 13 heterocycles. The highest BCUT2D eigenvalue weighted by Gasteiger charge is 2.64. The Bertz CT molecular complexity index is 5860. The third kappa shape index (κ3) is 13.4. The Morgan fingerprint density at radius 3 is 1.45 bits per heavy atom. The van der Waals surface area contributed by atoms with Gasteiger partial charge in [-0.25, -0.2) is 19.2 Å². The first-order valence-electron chi connectivity index (χ1n) is 38.3. The van der Waals surface area contributed by atoms with Crippen molar-refractivity contribution in [3.8, 4) is 69.6 Å². The number of hydrogen-bond donors (Lipinski definition) is 5. The number of carboxylic acid groups (broad SMARTS) is 1. The first-order valence-corrected chi connectivity index (χ1v) is 40.4. The second kappa shape index (κ2) is 32.0. The average molecular weight is 1660 g/mol. The molecule has 119 heavy (non-hydrogen) atoms. The van der Waals surface area contributed by atoms with Crippen LogP contribution in [0.1, 0.15) is 136 Å². The number of nitrogens with one attached hydrogen (secondary N) is 1. The van der Waals surface area contributed by atoms with E-state index >= 15 is 0 Å². The van der Waals surface area contributed by atoms with E-state index in [4.69, 9.17) is 67.0 Å². The van der Waals surface area contributed by atoms with Gasteiger partial charge < -0.3 is 82.6 Å². The van der Waals surface area contributed by atoms with Crippen molar-refractivity contribution in [1.82, 2.24) is 24.9 Å². The number of nitrogens with zero attached hydrogens (tertiary/aromatic N) is 6. The van der Waals surface area contributed by atoms with E-state index in [0.717, 1.165) is 22.3 Å². The fraction of sp³-hybridized carbons (Fsp3) is 0.372. The molecule has 31 nitrogen and oxygen atoms in total. The van der Waals surface area contributed by atoms with Gasteiger partial charge in [-0.15, -0.1) is 36.7 Å². The standard InChI is InChI=1S/C43H40N4O11S.C33H36N4O8S.C10H6O4/c1-6-11-46-26-14-23-12-19(2)36(53-5)35(49)30(23)33(46)34-40-32-31(39-38(55-18-56-39)20(3)37(32)57-21(4)48)28(47(34)27(26)15-44)16-54-43(52)25(17-59-40)45-41(50)24-13-22-9-7-8-10-29(22)58-42(24)51;1-6-7-36-19-9-17-8-14(2)28(41-5)27(39)22(17)25(36)26-32-24-23(31-30(43-13-44-31)15(3)29(24)45-16(4)38)21(37(26)20(19)10-34)11-42-33(40)18(35)12-46-32;11-9(12)7-5-6-3-1-2-4-8(6)14-10(7)13/h6-10,12-13,25-28,33-34,40,49H,1,11,14,16-18H2,2-5H3,(H,45,50);6,8,18-21,25-26,32,39H,1,7,9,11-13,35H2,2-5H3;1-5H,(H,11,12)/t25-,26-,27-,28-,33+,34?,40+;18?,19-,20-,21-,25+,26?,32+;/m00./s1. The predicted molar refractivity (Wildman–Crippen MR) is 429 cm³/mol. The SMILES string of the molecule is C=CCN1[C@@H]2c3c(cc(C)c(OC)c3O)C[C@H]1[C@H](C#N)N1C2[C@@H]2SCC(N)C(=O)OC[C@H]1c1c3c(c(C)c(OC(C)=O)c12)OCO3.C=CCN1[C@@H]2c3c(cc(C)c(OC)c3O)C[C@H]1[C@H](C#N)N1C2[C@@H]2SC[C@H](NC(=O)c3cc4ccccc4oc3=O)C(=O)OC[C@H]1c1c3c(c(C)c(OC(C)=O)c12)OCO3.O=C(O)c1cc2ccccc2oc1=O. The number of nitrogens with two attached hydrogens (primary N) is 1. The molecule has 8 aromatic rings. The van der Waals surface area contributed by atoms with Crippen molar-refractivity contribution >= 4 is 81.2 Å². The molecule has 14 atom stereocenters. The largest absolute Gasteiger partial charge is 0.504 e. The van der Waals surface area contributed by atoms with Crippen LogP contribution in [0.25, 0.3) is 21.9 Å². The van der Waals surface area contributed by atoms with E-state index < -0.39 is 124 Å². The number of carbonyl (C=O) groups excluding carboxylic acids is 5. The summed E-state index contributed by atoms with van der Waals surface area (Å²) in [5, 5.41) is 57.5. The van der Waals surface area contributed by atoms with Crippen molar-refractivity contribution in [2.45, 2.75) is 137 Å². The Morgan fingerprint density at radius 2 is 1.02 bits per heavy atom. The number of nitriles is 2. The van der Waals surface area contributed by atoms with Gasteiger partial charge in [-0.2, -0.15) is 10.5 Å². The van der Waals surface area contributed by atoms with Crippen LogP contribution in [0.5, 0.6) is 57.5 Å². The number of aromatic carboxylic acids is 1. The van der Waals surface area contributed by atoms with Gasteiger partial charge in [-0.05, 0) is 87.1 Å². The molecule has 8 bridgehead atoms. The second-order valence-corrected chi connectivity index (χ2v) is 32.7. The summed E-state index contributed by atoms with van der Waals surface area (Å²) in [5.41, 5.74) is 13.0. The van der Waals surface area contributed by atoms with Crippen molar-refractivity contribution in [1.29, 1.82) is 10.5 Å². The van der Waals surface area contributed by atoms with Crippen LogP contribution >= 0.6 is 23.5 Å². The molecular formula is C86H82N8O23S2. The minimum Gasteiger partial charge on any atom is -0.504 e. The molecule has 6 aromatic carbocycles. The van der Waals surface area contributed by atoms with Crippen molar-refractivity contribution in [2.24, 2.45) is 5.73 Å². The lowest BCUT2D eigenvalue weighted by molar-refractivity contribution is -0.152. The summed E-state index contributed by atoms with van der Waals surface area (Å²) in [6.07, 6.45) is 4.48. The number of piperazine rings is 2. The van der Waals surface area contributed by atoms with E-state index in [0.29, 0.717) is 133 Å². The summed E-state index contributed by atoms with van der Waals surface area (Å²) in [6.45, 7) is 18.3. The fourth-order valence-corrected chi connectivity index (χ4v) is 22.2. The lowest BCUT2D eigenvalue weighted by atomic mass is 9.71. The Kier molecular flexibility index (Phi) is 21.7. The third-order valence-electron chi connectivity index (χ3n) is 23.7. The number of rotatable bonds is 11. The normalized spacial score (nSPS) is 25.2. The highest BCUT2D eigenvalue weighted by molar-refractivity contribution is 7.99. The smallest absolute Gasteiger partial charge is 0.351 e. The molecule has 19 rings (SSSR count). The monoisotopic (exact) mass is 1660 g/mol. The van der Waals surface area contributed by atoms with Crippen molar-refractivity contribution in [3.05, 3.63) is 197 Å². The quantitative estimate of drug-likeness (QED) is 0.0348. The number of thioether (sulfide) groups is 2. The Hall–Kier alpha value is -12.1. The number of benzene rings is 6. The van der Waals surface area contributed by atoms with E-state index in [-0.39, 0.29) is 72.7 Å². The summed E-state index contributed by atoms with van der Waals surface area (Å²) in [4.78, 5) is 110. The topological polar surface area (TPSA) is 414 Å². The first kappa shape index (κ1) is 80.7. The molecule has 11 aliphatic heterocycles. The number of aromatic hydroxyl groups is 2. The van der Waals surface area contributed by atoms with Gasteiger partial charge in [-0.1, -0.05) is 60.7 Å². The van der Waals surface area contributed by atoms with Crippen LogP contribution in [-0.2, 0) is 41.5 Å². The van der Waals surface area contributed by atoms with E-state index in [1.54, 1.807) is 67.6 Å². The summed E-state index contributed by atoms with van der Waals surface area (Å²) in [7, 11) is 3.03. The number of carboxylic acids is 1. The number of amides is 1. The molecule has 11 aliphatic rings. The molecule has 4 saturated heterocycles. The maximum atomic E-state index is 14.1. The molecule has 33 heteroatoms. The van der Waals surface area contributed by atoms with Crippen LogP contribution in [0.2, 0.25) is 0 Å². The van der Waals surface area contributed by atoms with E-state index in [1.807, 2.05) is 32.9 Å². The minimum absolute atomic E-state index is 0.0265. The maximum Gasteiger partial charge on any atom is 0.351 e. The number of phenols is 2. The van der Waals surface area contributed by atoms with Gasteiger partial charge in [0.25, 0.3) is 5.91 Å². The minimum atomic E-state index is -1.27. The molecule has 0 saturated carbocycles. The zero-order valence-corrected chi connectivity index (χ0v) is 67.4. The van der Waals surface area contributed by atoms with Crippen LogP contribution in [0, 0.1) is 50.4 Å². The Labute approximate surface area is 688 Å². The van der Waals surface area contributed by atoms with Crippen LogP contribution in [-0.4, -0.2) is 185 Å². The van der Waals surface area contributed by atoms with Crippen LogP contribution < -0.4 is 60.2 Å². The van der Waals surface area contributed by atoms with Gasteiger partial charge in [-0.3, -0.25) is 38.8 Å². The molecule has 1 amide bonds. The Morgan fingerprint density at radius 1 is 0.588 bits per heavy atom. The molecule has 4 fully saturated rings. The highest BCUT2D eigenvalue weighted by Crippen LogP contribution is 2.67. The van der Waals surface area contributed by atoms with Crippen LogP contribution in [0.3, 0.4) is 0 Å². The molecule has 616 valence electrons. The van der Waals surface area contributed by atoms with Gasteiger partial charge in [0.1, 0.15) is 71.2 Å². The summed E-state index contributed by atoms with van der Waals surface area (Å²) < 4.78 is 69.9. The number of esters is 4. The number of cyclic esters (lactones) is 1.